The molecule has 7 atom stereocenters. The van der Waals surface area contributed by atoms with Gasteiger partial charge in [0.25, 0.3) is 0 Å². The maximum absolute atomic E-state index is 13.1. The lowest BCUT2D eigenvalue weighted by molar-refractivity contribution is -0.161. The molecule has 0 aliphatic carbocycles. The van der Waals surface area contributed by atoms with Crippen molar-refractivity contribution in [2.75, 3.05) is 39.6 Å². The molecule has 0 fully saturated rings. The lowest BCUT2D eigenvalue weighted by Gasteiger charge is -2.21. The van der Waals surface area contributed by atoms with Gasteiger partial charge in [-0.2, -0.15) is 0 Å². The molecule has 3 N–H and O–H groups in total. The number of phosphoric acid groups is 2. The molecule has 0 saturated heterocycles. The quantitative estimate of drug-likeness (QED) is 0.0222. The van der Waals surface area contributed by atoms with Crippen molar-refractivity contribution < 1.29 is 80.2 Å². The van der Waals surface area contributed by atoms with Gasteiger partial charge >= 0.3 is 39.5 Å². The van der Waals surface area contributed by atoms with Gasteiger partial charge < -0.3 is 33.8 Å². The number of carbonyl (C=O) groups excluding carboxylic acids is 4. The normalized spacial score (nSPS) is 14.5. The van der Waals surface area contributed by atoms with Gasteiger partial charge in [-0.3, -0.25) is 37.3 Å². The molecule has 0 rings (SSSR count). The molecule has 0 aromatic carbocycles. The first-order valence-electron chi connectivity index (χ1n) is 43.3. The molecule has 0 heterocycles. The summed E-state index contributed by atoms with van der Waals surface area (Å²) in [4.78, 5) is 73.0. The van der Waals surface area contributed by atoms with E-state index in [2.05, 4.69) is 55.4 Å². The van der Waals surface area contributed by atoms with Gasteiger partial charge in [0.2, 0.25) is 0 Å². The van der Waals surface area contributed by atoms with E-state index in [0.717, 1.165) is 108 Å². The standard InChI is InChI=1S/C84H164O17P2/c1-9-76(7)62-54-46-37-31-27-23-19-15-11-13-17-21-25-29-33-39-48-56-64-81(86)94-70-79(100-83(88)66-58-50-40-34-30-26-22-18-14-12-16-20-24-28-32-38-47-55-63-77(8)10-2)72-98-102(90,91)96-68-78(85)69-97-103(92,93)99-73-80(71-95-82(87)65-57-49-43-42-45-53-61-75(5)6)101-84(89)67-59-51-41-35-36-44-52-60-74(3)4/h74-80,85H,9-73H2,1-8H3,(H,90,91)(H,92,93)/t76?,77?,78-,79-,80-/m1/s1. The summed E-state index contributed by atoms with van der Waals surface area (Å²) in [6.45, 7) is 14.2. The summed E-state index contributed by atoms with van der Waals surface area (Å²) in [6, 6.07) is 0. The van der Waals surface area contributed by atoms with E-state index >= 15 is 0 Å². The fourth-order valence-corrected chi connectivity index (χ4v) is 14.5. The molecular formula is C84H164O17P2. The van der Waals surface area contributed by atoms with Crippen LogP contribution in [0.3, 0.4) is 0 Å². The van der Waals surface area contributed by atoms with Gasteiger partial charge in [0.1, 0.15) is 19.3 Å². The van der Waals surface area contributed by atoms with Gasteiger partial charge in [-0.25, -0.2) is 9.13 Å². The Kier molecular flexibility index (Phi) is 71.5. The first-order valence-corrected chi connectivity index (χ1v) is 46.3. The summed E-state index contributed by atoms with van der Waals surface area (Å²) in [7, 11) is -9.92. The van der Waals surface area contributed by atoms with Crippen LogP contribution in [0.5, 0.6) is 0 Å². The number of carbonyl (C=O) groups is 4. The van der Waals surface area contributed by atoms with Gasteiger partial charge in [-0.05, 0) is 49.4 Å². The van der Waals surface area contributed by atoms with Crippen LogP contribution in [0.2, 0.25) is 0 Å². The predicted molar refractivity (Wildman–Crippen MR) is 423 cm³/mol. The summed E-state index contributed by atoms with van der Waals surface area (Å²) in [5, 5.41) is 10.6. The Bertz CT molecular complexity index is 2010. The highest BCUT2D eigenvalue weighted by atomic mass is 31.2. The van der Waals surface area contributed by atoms with Crippen LogP contribution in [-0.2, 0) is 65.4 Å². The summed E-state index contributed by atoms with van der Waals surface area (Å²) in [5.41, 5.74) is 0. The number of hydrogen-bond acceptors (Lipinski definition) is 15. The topological polar surface area (TPSA) is 237 Å². The molecule has 0 radical (unpaired) electrons. The zero-order chi connectivity index (χ0) is 76.0. The fraction of sp³-hybridized carbons (Fsp3) is 0.952. The Labute approximate surface area is 632 Å². The average molecular weight is 1510 g/mol. The Balaban J connectivity index is 5.16. The molecule has 4 unspecified atom stereocenters. The SMILES string of the molecule is CCC(C)CCCCCCCCCCCCCCCCCCCCC(=O)OC[C@H](COP(=O)(O)OC[C@@H](O)COP(=O)(O)OC[C@@H](COC(=O)CCCCCCCCC(C)C)OC(=O)CCCCCCCCCC(C)C)OC(=O)CCCCCCCCCCCCCCCCCCCCC(C)CC. The number of unbranched alkanes of at least 4 members (excludes halogenated alkanes) is 45. The number of rotatable bonds is 81. The highest BCUT2D eigenvalue weighted by Gasteiger charge is 2.30. The molecule has 0 amide bonds. The third-order valence-electron chi connectivity index (χ3n) is 20.3. The molecule has 0 aromatic rings. The molecule has 0 aliphatic heterocycles. The van der Waals surface area contributed by atoms with Crippen LogP contribution in [0.1, 0.15) is 434 Å². The Morgan fingerprint density at radius 2 is 0.466 bits per heavy atom. The van der Waals surface area contributed by atoms with Crippen molar-refractivity contribution in [3.63, 3.8) is 0 Å². The molecule has 17 nitrogen and oxygen atoms in total. The second kappa shape index (κ2) is 72.9. The van der Waals surface area contributed by atoms with Gasteiger partial charge in [-0.15, -0.1) is 0 Å². The maximum Gasteiger partial charge on any atom is 0.472 e. The Morgan fingerprint density at radius 3 is 0.689 bits per heavy atom. The number of hydrogen-bond donors (Lipinski definition) is 3. The average Bonchev–Trinajstić information content (AvgIpc) is 0.939. The zero-order valence-electron chi connectivity index (χ0n) is 68.0. The second-order valence-corrected chi connectivity index (χ2v) is 34.6. The summed E-state index contributed by atoms with van der Waals surface area (Å²) in [5.74, 6) is 1.00. The third-order valence-corrected chi connectivity index (χ3v) is 22.2. The predicted octanol–water partition coefficient (Wildman–Crippen LogP) is 25.2. The molecule has 0 aromatic heterocycles. The van der Waals surface area contributed by atoms with E-state index in [1.54, 1.807) is 0 Å². The van der Waals surface area contributed by atoms with Crippen LogP contribution in [-0.4, -0.2) is 96.7 Å². The van der Waals surface area contributed by atoms with Crippen molar-refractivity contribution in [3.05, 3.63) is 0 Å². The number of aliphatic hydroxyl groups excluding tert-OH is 1. The van der Waals surface area contributed by atoms with Gasteiger partial charge in [-0.1, -0.05) is 383 Å². The van der Waals surface area contributed by atoms with Crippen LogP contribution in [0.15, 0.2) is 0 Å². The molecule has 103 heavy (non-hydrogen) atoms. The molecule has 0 bridgehead atoms. The van der Waals surface area contributed by atoms with Crippen molar-refractivity contribution in [2.45, 2.75) is 453 Å². The van der Waals surface area contributed by atoms with Crippen molar-refractivity contribution in [1.82, 2.24) is 0 Å². The summed E-state index contributed by atoms with van der Waals surface area (Å²) in [6.07, 6.45) is 61.5. The smallest absolute Gasteiger partial charge is 0.462 e. The van der Waals surface area contributed by atoms with Crippen LogP contribution in [0, 0.1) is 23.7 Å². The minimum atomic E-state index is -4.96. The molecule has 0 saturated carbocycles. The second-order valence-electron chi connectivity index (χ2n) is 31.7. The van der Waals surface area contributed by atoms with E-state index in [1.807, 2.05) is 0 Å². The van der Waals surface area contributed by atoms with E-state index in [-0.39, 0.29) is 25.7 Å². The lowest BCUT2D eigenvalue weighted by atomic mass is 9.99. The number of phosphoric ester groups is 2. The van der Waals surface area contributed by atoms with Gasteiger partial charge in [0.05, 0.1) is 26.4 Å². The molecule has 0 spiro atoms. The fourth-order valence-electron chi connectivity index (χ4n) is 12.9. The number of ether oxygens (including phenoxy) is 4. The Hall–Kier alpha value is -1.94. The number of esters is 4. The van der Waals surface area contributed by atoms with E-state index in [1.165, 1.54) is 231 Å². The van der Waals surface area contributed by atoms with Crippen molar-refractivity contribution in [2.24, 2.45) is 23.7 Å². The minimum Gasteiger partial charge on any atom is -0.462 e. The lowest BCUT2D eigenvalue weighted by Crippen LogP contribution is -2.30. The van der Waals surface area contributed by atoms with Gasteiger partial charge in [0, 0.05) is 25.7 Å². The van der Waals surface area contributed by atoms with E-state index in [4.69, 9.17) is 37.0 Å². The molecular weight excluding hydrogens is 1340 g/mol. The number of aliphatic hydroxyl groups is 1. The van der Waals surface area contributed by atoms with Crippen molar-refractivity contribution >= 4 is 39.5 Å². The minimum absolute atomic E-state index is 0.102. The van der Waals surface area contributed by atoms with Crippen LogP contribution >= 0.6 is 15.6 Å². The third kappa shape index (κ3) is 75.3. The summed E-state index contributed by atoms with van der Waals surface area (Å²) >= 11 is 0. The van der Waals surface area contributed by atoms with Crippen LogP contribution < -0.4 is 0 Å². The van der Waals surface area contributed by atoms with Crippen LogP contribution in [0.25, 0.3) is 0 Å². The van der Waals surface area contributed by atoms with Gasteiger partial charge in [0.15, 0.2) is 12.2 Å². The maximum atomic E-state index is 13.1. The Morgan fingerprint density at radius 1 is 0.272 bits per heavy atom. The van der Waals surface area contributed by atoms with Crippen molar-refractivity contribution in [1.29, 1.82) is 0 Å². The largest absolute Gasteiger partial charge is 0.472 e. The highest BCUT2D eigenvalue weighted by molar-refractivity contribution is 7.47. The zero-order valence-corrected chi connectivity index (χ0v) is 69.7. The first kappa shape index (κ1) is 101. The highest BCUT2D eigenvalue weighted by Crippen LogP contribution is 2.45. The van der Waals surface area contributed by atoms with E-state index < -0.39 is 97.5 Å². The molecule has 0 aliphatic rings. The summed E-state index contributed by atoms with van der Waals surface area (Å²) < 4.78 is 68.7. The monoisotopic (exact) mass is 1510 g/mol. The molecule has 612 valence electrons. The first-order chi connectivity index (χ1) is 49.7. The van der Waals surface area contributed by atoms with E-state index in [9.17, 15) is 43.2 Å². The van der Waals surface area contributed by atoms with Crippen molar-refractivity contribution in [3.8, 4) is 0 Å². The molecule has 19 heteroatoms. The van der Waals surface area contributed by atoms with E-state index in [0.29, 0.717) is 37.5 Å². The van der Waals surface area contributed by atoms with Crippen LogP contribution in [0.4, 0.5) is 0 Å².